The second-order valence-electron chi connectivity index (χ2n) is 6.25. The van der Waals surface area contributed by atoms with Gasteiger partial charge in [-0.25, -0.2) is 9.37 Å². The van der Waals surface area contributed by atoms with Gasteiger partial charge in [0, 0.05) is 18.9 Å². The summed E-state index contributed by atoms with van der Waals surface area (Å²) in [5, 5.41) is 3.05. The fourth-order valence-corrected chi connectivity index (χ4v) is 2.83. The molecule has 0 aliphatic heterocycles. The van der Waals surface area contributed by atoms with Crippen LogP contribution in [0.25, 0.3) is 5.69 Å². The summed E-state index contributed by atoms with van der Waals surface area (Å²) in [4.78, 5) is 16.8. The van der Waals surface area contributed by atoms with Crippen LogP contribution in [0.2, 0.25) is 0 Å². The molecule has 0 aliphatic carbocycles. The number of rotatable bonds is 7. The van der Waals surface area contributed by atoms with E-state index in [1.54, 1.807) is 33.3 Å². The molecule has 0 unspecified atom stereocenters. The maximum atomic E-state index is 13.8. The zero-order valence-electron chi connectivity index (χ0n) is 16.0. The second-order valence-corrected chi connectivity index (χ2v) is 6.25. The van der Waals surface area contributed by atoms with Crippen LogP contribution in [-0.2, 0) is 6.42 Å². The Morgan fingerprint density at radius 3 is 2.61 bits per heavy atom. The molecular formula is C21H22FN3O3. The predicted octanol–water partition coefficient (Wildman–Crippen LogP) is 3.35. The molecule has 146 valence electrons. The van der Waals surface area contributed by atoms with Crippen molar-refractivity contribution in [2.75, 3.05) is 26.1 Å². The van der Waals surface area contributed by atoms with E-state index in [1.807, 2.05) is 18.2 Å². The summed E-state index contributed by atoms with van der Waals surface area (Å²) in [5.41, 5.74) is 1.68. The van der Waals surface area contributed by atoms with E-state index in [-0.39, 0.29) is 17.2 Å². The van der Waals surface area contributed by atoms with Gasteiger partial charge in [0.15, 0.2) is 17.3 Å². The molecule has 7 heteroatoms. The molecule has 2 aromatic carbocycles. The molecule has 0 spiro atoms. The minimum absolute atomic E-state index is 0.212. The molecule has 0 saturated carbocycles. The molecule has 0 radical (unpaired) electrons. The number of aryl methyl sites for hydroxylation is 1. The van der Waals surface area contributed by atoms with Crippen LogP contribution < -0.4 is 20.3 Å². The molecule has 0 fully saturated rings. The average Bonchev–Trinajstić information content (AvgIpc) is 2.71. The Kier molecular flexibility index (Phi) is 5.93. The van der Waals surface area contributed by atoms with Gasteiger partial charge in [0.1, 0.15) is 5.82 Å². The number of hydrogen-bond acceptors (Lipinski definition) is 5. The van der Waals surface area contributed by atoms with Gasteiger partial charge in [0.05, 0.1) is 19.9 Å². The Bertz CT molecular complexity index is 1030. The third-order valence-electron chi connectivity index (χ3n) is 4.43. The van der Waals surface area contributed by atoms with Gasteiger partial charge >= 0.3 is 0 Å². The van der Waals surface area contributed by atoms with Crippen LogP contribution in [0, 0.1) is 12.7 Å². The highest BCUT2D eigenvalue weighted by Gasteiger charge is 2.09. The van der Waals surface area contributed by atoms with Crippen molar-refractivity contribution >= 4 is 5.82 Å². The number of halogens is 1. The van der Waals surface area contributed by atoms with E-state index in [0.717, 1.165) is 5.56 Å². The van der Waals surface area contributed by atoms with Crippen molar-refractivity contribution in [3.05, 3.63) is 76.1 Å². The van der Waals surface area contributed by atoms with Crippen LogP contribution in [0.1, 0.15) is 11.1 Å². The minimum atomic E-state index is -0.357. The van der Waals surface area contributed by atoms with E-state index in [2.05, 4.69) is 10.3 Å². The Balaban J connectivity index is 1.73. The lowest BCUT2D eigenvalue weighted by molar-refractivity contribution is 0.354. The number of nitrogens with one attached hydrogen (secondary N) is 1. The first-order chi connectivity index (χ1) is 13.5. The lowest BCUT2D eigenvalue weighted by atomic mass is 10.1. The fourth-order valence-electron chi connectivity index (χ4n) is 2.83. The third-order valence-corrected chi connectivity index (χ3v) is 4.43. The van der Waals surface area contributed by atoms with Gasteiger partial charge in [-0.15, -0.1) is 0 Å². The van der Waals surface area contributed by atoms with Gasteiger partial charge in [-0.1, -0.05) is 12.1 Å². The molecule has 1 N–H and O–H groups in total. The average molecular weight is 383 g/mol. The molecule has 1 aromatic heterocycles. The number of hydrogen-bond donors (Lipinski definition) is 1. The molecule has 3 aromatic rings. The lowest BCUT2D eigenvalue weighted by Crippen LogP contribution is -2.24. The Labute approximate surface area is 162 Å². The fraction of sp³-hybridized carbons (Fsp3) is 0.238. The predicted molar refractivity (Wildman–Crippen MR) is 106 cm³/mol. The van der Waals surface area contributed by atoms with Gasteiger partial charge in [0.25, 0.3) is 5.56 Å². The van der Waals surface area contributed by atoms with E-state index in [4.69, 9.17) is 9.47 Å². The molecule has 1 heterocycles. The smallest absolute Gasteiger partial charge is 0.297 e. The summed E-state index contributed by atoms with van der Waals surface area (Å²) in [6.07, 6.45) is 3.69. The summed E-state index contributed by atoms with van der Waals surface area (Å²) >= 11 is 0. The van der Waals surface area contributed by atoms with Crippen molar-refractivity contribution < 1.29 is 13.9 Å². The number of benzene rings is 2. The normalized spacial score (nSPS) is 10.6. The van der Waals surface area contributed by atoms with Crippen LogP contribution in [0.3, 0.4) is 0 Å². The highest BCUT2D eigenvalue weighted by atomic mass is 19.1. The molecule has 6 nitrogen and oxygen atoms in total. The van der Waals surface area contributed by atoms with Crippen LogP contribution in [-0.4, -0.2) is 30.3 Å². The molecule has 0 aliphatic rings. The van der Waals surface area contributed by atoms with Crippen LogP contribution in [0.4, 0.5) is 10.2 Å². The highest BCUT2D eigenvalue weighted by Crippen LogP contribution is 2.27. The molecule has 0 atom stereocenters. The van der Waals surface area contributed by atoms with Crippen LogP contribution in [0.5, 0.6) is 11.5 Å². The van der Waals surface area contributed by atoms with E-state index in [9.17, 15) is 9.18 Å². The summed E-state index contributed by atoms with van der Waals surface area (Å²) < 4.78 is 25.7. The number of methoxy groups -OCH3 is 2. The summed E-state index contributed by atoms with van der Waals surface area (Å²) in [6, 6.07) is 10.4. The van der Waals surface area contributed by atoms with E-state index in [1.165, 1.54) is 23.0 Å². The summed E-state index contributed by atoms with van der Waals surface area (Å²) in [7, 11) is 3.18. The number of nitrogens with zero attached hydrogens (tertiary/aromatic N) is 2. The van der Waals surface area contributed by atoms with Crippen LogP contribution in [0.15, 0.2) is 53.6 Å². The second kappa shape index (κ2) is 8.56. The van der Waals surface area contributed by atoms with Crippen molar-refractivity contribution in [3.63, 3.8) is 0 Å². The zero-order valence-corrected chi connectivity index (χ0v) is 16.0. The van der Waals surface area contributed by atoms with E-state index >= 15 is 0 Å². The van der Waals surface area contributed by atoms with Gasteiger partial charge < -0.3 is 14.8 Å². The Morgan fingerprint density at radius 2 is 1.89 bits per heavy atom. The number of ether oxygens (including phenoxy) is 2. The zero-order chi connectivity index (χ0) is 20.1. The quantitative estimate of drug-likeness (QED) is 0.678. The molecule has 28 heavy (non-hydrogen) atoms. The maximum Gasteiger partial charge on any atom is 0.297 e. The topological polar surface area (TPSA) is 65.4 Å². The highest BCUT2D eigenvalue weighted by molar-refractivity contribution is 5.44. The van der Waals surface area contributed by atoms with E-state index < -0.39 is 0 Å². The van der Waals surface area contributed by atoms with Crippen LogP contribution >= 0.6 is 0 Å². The molecule has 3 rings (SSSR count). The van der Waals surface area contributed by atoms with Gasteiger partial charge in [-0.05, 0) is 48.7 Å². The van der Waals surface area contributed by atoms with Crippen molar-refractivity contribution in [2.45, 2.75) is 13.3 Å². The number of aromatic nitrogens is 2. The van der Waals surface area contributed by atoms with Crippen molar-refractivity contribution in [1.82, 2.24) is 9.55 Å². The van der Waals surface area contributed by atoms with Gasteiger partial charge in [-0.3, -0.25) is 9.36 Å². The molecular weight excluding hydrogens is 361 g/mol. The first-order valence-electron chi connectivity index (χ1n) is 8.82. The maximum absolute atomic E-state index is 13.8. The largest absolute Gasteiger partial charge is 0.493 e. The van der Waals surface area contributed by atoms with Crippen molar-refractivity contribution in [2.24, 2.45) is 0 Å². The summed E-state index contributed by atoms with van der Waals surface area (Å²) in [6.45, 7) is 2.18. The molecule has 0 bridgehead atoms. The van der Waals surface area contributed by atoms with E-state index in [0.29, 0.717) is 35.7 Å². The van der Waals surface area contributed by atoms with Crippen molar-refractivity contribution in [1.29, 1.82) is 0 Å². The van der Waals surface area contributed by atoms with Gasteiger partial charge in [0.2, 0.25) is 0 Å². The standard InChI is InChI=1S/C21H22FN3O3/c1-14-4-6-16(13-17(14)22)25-11-10-24-20(21(25)26)23-9-8-15-5-7-18(27-2)19(12-15)28-3/h4-7,10-13H,8-9H2,1-3H3,(H,23,24). The number of anilines is 1. The first-order valence-corrected chi connectivity index (χ1v) is 8.82. The summed E-state index contributed by atoms with van der Waals surface area (Å²) in [5.74, 6) is 1.17. The molecule has 0 saturated heterocycles. The monoisotopic (exact) mass is 383 g/mol. The third kappa shape index (κ3) is 4.14. The SMILES string of the molecule is COc1ccc(CCNc2nccn(-c3ccc(C)c(F)c3)c2=O)cc1OC. The van der Waals surface area contributed by atoms with Gasteiger partial charge in [-0.2, -0.15) is 0 Å². The Hall–Kier alpha value is -3.35. The lowest BCUT2D eigenvalue weighted by Gasteiger charge is -2.11. The molecule has 0 amide bonds. The first kappa shape index (κ1) is 19.4. The minimum Gasteiger partial charge on any atom is -0.493 e. The van der Waals surface area contributed by atoms with Crippen molar-refractivity contribution in [3.8, 4) is 17.2 Å². The Morgan fingerprint density at radius 1 is 1.11 bits per heavy atom.